The summed E-state index contributed by atoms with van der Waals surface area (Å²) in [4.78, 5) is 4.18. The van der Waals surface area contributed by atoms with Crippen LogP contribution >= 0.6 is 0 Å². The van der Waals surface area contributed by atoms with Crippen molar-refractivity contribution in [2.75, 3.05) is 7.05 Å². The largest absolute Gasteiger partial charge is 0.302 e. The van der Waals surface area contributed by atoms with Crippen LogP contribution in [0.25, 0.3) is 5.65 Å². The number of aromatic nitrogens is 2. The van der Waals surface area contributed by atoms with Crippen LogP contribution in [0.2, 0.25) is 0 Å². The smallest absolute Gasteiger partial charge is 0.222 e. The van der Waals surface area contributed by atoms with Gasteiger partial charge in [-0.25, -0.2) is 13.4 Å². The zero-order valence-corrected chi connectivity index (χ0v) is 10.5. The van der Waals surface area contributed by atoms with E-state index in [1.165, 1.54) is 4.31 Å². The zero-order chi connectivity index (χ0) is 12.2. The van der Waals surface area contributed by atoms with E-state index in [-0.39, 0.29) is 0 Å². The van der Waals surface area contributed by atoms with Crippen LogP contribution in [0, 0.1) is 0 Å². The van der Waals surface area contributed by atoms with Crippen molar-refractivity contribution in [3.05, 3.63) is 35.8 Å². The second kappa shape index (κ2) is 3.30. The molecule has 0 aliphatic carbocycles. The third-order valence-electron chi connectivity index (χ3n) is 3.35. The Hall–Kier alpha value is -1.40. The molecule has 0 saturated heterocycles. The van der Waals surface area contributed by atoms with Gasteiger partial charge in [0.1, 0.15) is 10.9 Å². The van der Waals surface area contributed by atoms with Crippen molar-refractivity contribution in [3.8, 4) is 0 Å². The number of imidazole rings is 1. The zero-order valence-electron chi connectivity index (χ0n) is 9.66. The fourth-order valence-electron chi connectivity index (χ4n) is 2.39. The van der Waals surface area contributed by atoms with E-state index in [0.29, 0.717) is 6.54 Å². The van der Waals surface area contributed by atoms with E-state index in [1.54, 1.807) is 20.2 Å². The van der Waals surface area contributed by atoms with Crippen LogP contribution < -0.4 is 0 Å². The molecule has 0 aromatic carbocycles. The van der Waals surface area contributed by atoms with Crippen LogP contribution in [0.3, 0.4) is 0 Å². The Bertz CT molecular complexity index is 690. The molecule has 2 aromatic heterocycles. The van der Waals surface area contributed by atoms with E-state index in [2.05, 4.69) is 4.98 Å². The van der Waals surface area contributed by atoms with Crippen molar-refractivity contribution < 1.29 is 8.42 Å². The van der Waals surface area contributed by atoms with E-state index in [1.807, 2.05) is 22.7 Å². The molecule has 3 rings (SSSR count). The minimum Gasteiger partial charge on any atom is -0.302 e. The molecule has 0 fully saturated rings. The number of sulfonamides is 1. The van der Waals surface area contributed by atoms with Crippen molar-refractivity contribution in [1.82, 2.24) is 13.7 Å². The van der Waals surface area contributed by atoms with Gasteiger partial charge < -0.3 is 4.40 Å². The lowest BCUT2D eigenvalue weighted by molar-refractivity contribution is 0.441. The van der Waals surface area contributed by atoms with Gasteiger partial charge in [0, 0.05) is 31.7 Å². The van der Waals surface area contributed by atoms with Gasteiger partial charge in [-0.15, -0.1) is 0 Å². The van der Waals surface area contributed by atoms with Gasteiger partial charge in [0.15, 0.2) is 0 Å². The second-order valence-electron chi connectivity index (χ2n) is 4.34. The lowest BCUT2D eigenvalue weighted by Gasteiger charge is -2.30. The molecule has 1 aliphatic rings. The van der Waals surface area contributed by atoms with E-state index in [4.69, 9.17) is 0 Å². The molecule has 2 aromatic rings. The molecule has 0 saturated carbocycles. The third-order valence-corrected chi connectivity index (χ3v) is 5.47. The minimum atomic E-state index is -3.24. The molecule has 0 N–H and O–H groups in total. The van der Waals surface area contributed by atoms with Crippen LogP contribution in [0.1, 0.15) is 23.4 Å². The monoisotopic (exact) mass is 251 g/mol. The van der Waals surface area contributed by atoms with E-state index >= 15 is 0 Å². The summed E-state index contributed by atoms with van der Waals surface area (Å²) >= 11 is 0. The summed E-state index contributed by atoms with van der Waals surface area (Å²) in [5.74, 6) is 0. The van der Waals surface area contributed by atoms with Crippen molar-refractivity contribution >= 4 is 15.7 Å². The quantitative estimate of drug-likeness (QED) is 0.706. The topological polar surface area (TPSA) is 54.7 Å². The maximum absolute atomic E-state index is 12.1. The number of hydrogen-bond acceptors (Lipinski definition) is 3. The molecule has 1 atom stereocenters. The van der Waals surface area contributed by atoms with Crippen LogP contribution in [0.5, 0.6) is 0 Å². The lowest BCUT2D eigenvalue weighted by Crippen LogP contribution is -2.36. The van der Waals surface area contributed by atoms with Gasteiger partial charge in [-0.05, 0) is 18.6 Å². The van der Waals surface area contributed by atoms with E-state index in [0.717, 1.165) is 16.9 Å². The molecule has 1 unspecified atom stereocenters. The Balaban J connectivity index is 2.37. The minimum absolute atomic E-state index is 0.427. The van der Waals surface area contributed by atoms with Crippen molar-refractivity contribution in [2.24, 2.45) is 0 Å². The molecule has 1 aliphatic heterocycles. The molecular weight excluding hydrogens is 238 g/mol. The molecule has 0 bridgehead atoms. The fourth-order valence-corrected chi connectivity index (χ4v) is 3.79. The number of fused-ring (bicyclic) bond motifs is 3. The van der Waals surface area contributed by atoms with Gasteiger partial charge in [0.05, 0.1) is 0 Å². The van der Waals surface area contributed by atoms with E-state index in [9.17, 15) is 8.42 Å². The summed E-state index contributed by atoms with van der Waals surface area (Å²) in [7, 11) is -1.62. The summed E-state index contributed by atoms with van der Waals surface area (Å²) in [6, 6.07) is 3.87. The molecule has 0 spiro atoms. The summed E-state index contributed by atoms with van der Waals surface area (Å²) in [5.41, 5.74) is 2.66. The van der Waals surface area contributed by atoms with Crippen LogP contribution in [-0.4, -0.2) is 29.2 Å². The van der Waals surface area contributed by atoms with Gasteiger partial charge in [0.25, 0.3) is 0 Å². The van der Waals surface area contributed by atoms with Crippen molar-refractivity contribution in [3.63, 3.8) is 0 Å². The highest BCUT2D eigenvalue weighted by molar-refractivity contribution is 7.89. The lowest BCUT2D eigenvalue weighted by atomic mass is 10.1. The SMILES string of the molecule is CC1c2c(ccc3nccn23)CN(C)S1(=O)=O. The third kappa shape index (κ3) is 1.34. The van der Waals surface area contributed by atoms with Crippen molar-refractivity contribution in [2.45, 2.75) is 18.7 Å². The number of hydrogen-bond donors (Lipinski definition) is 0. The first-order chi connectivity index (χ1) is 8.01. The van der Waals surface area contributed by atoms with Gasteiger partial charge in [0.2, 0.25) is 10.0 Å². The van der Waals surface area contributed by atoms with Gasteiger partial charge >= 0.3 is 0 Å². The van der Waals surface area contributed by atoms with Gasteiger partial charge in [-0.3, -0.25) is 0 Å². The first kappa shape index (κ1) is 10.7. The number of pyridine rings is 1. The predicted octanol–water partition coefficient (Wildman–Crippen LogP) is 1.17. The molecule has 5 nitrogen and oxygen atoms in total. The Labute approximate surface area is 99.7 Å². The Kier molecular flexibility index (Phi) is 2.08. The Morgan fingerprint density at radius 3 is 2.94 bits per heavy atom. The normalized spacial score (nSPS) is 23.8. The molecule has 6 heteroatoms. The summed E-state index contributed by atoms with van der Waals surface area (Å²) in [5, 5.41) is -0.533. The Morgan fingerprint density at radius 2 is 2.18 bits per heavy atom. The van der Waals surface area contributed by atoms with Crippen molar-refractivity contribution in [1.29, 1.82) is 0 Å². The van der Waals surface area contributed by atoms with Crippen LogP contribution in [0.15, 0.2) is 24.5 Å². The Morgan fingerprint density at radius 1 is 1.41 bits per heavy atom. The first-order valence-electron chi connectivity index (χ1n) is 5.42. The average molecular weight is 251 g/mol. The molecule has 17 heavy (non-hydrogen) atoms. The first-order valence-corrected chi connectivity index (χ1v) is 6.92. The second-order valence-corrected chi connectivity index (χ2v) is 6.70. The summed E-state index contributed by atoms with van der Waals surface area (Å²) in [6.45, 7) is 2.15. The highest BCUT2D eigenvalue weighted by Crippen LogP contribution is 2.33. The fraction of sp³-hybridized carbons (Fsp3) is 0.364. The van der Waals surface area contributed by atoms with Gasteiger partial charge in [-0.1, -0.05) is 6.07 Å². The molecule has 0 amide bonds. The van der Waals surface area contributed by atoms with Gasteiger partial charge in [-0.2, -0.15) is 4.31 Å². The number of rotatable bonds is 0. The molecule has 90 valence electrons. The standard InChI is InChI=1S/C11H13N3O2S/c1-8-11-9(7-13(2)17(8,15)16)3-4-10-12-5-6-14(10)11/h3-6,8H,7H2,1-2H3. The summed E-state index contributed by atoms with van der Waals surface area (Å²) < 4.78 is 27.5. The summed E-state index contributed by atoms with van der Waals surface area (Å²) in [6.07, 6.45) is 3.50. The number of nitrogens with zero attached hydrogens (tertiary/aromatic N) is 3. The average Bonchev–Trinajstić information content (AvgIpc) is 2.74. The van der Waals surface area contributed by atoms with Crippen LogP contribution in [-0.2, 0) is 16.6 Å². The highest BCUT2D eigenvalue weighted by Gasteiger charge is 2.35. The highest BCUT2D eigenvalue weighted by atomic mass is 32.2. The predicted molar refractivity (Wildman–Crippen MR) is 64.0 cm³/mol. The molecular formula is C11H13N3O2S. The van der Waals surface area contributed by atoms with E-state index < -0.39 is 15.3 Å². The maximum atomic E-state index is 12.1. The molecule has 3 heterocycles. The maximum Gasteiger partial charge on any atom is 0.222 e. The van der Waals surface area contributed by atoms with Crippen LogP contribution in [0.4, 0.5) is 0 Å². The molecule has 0 radical (unpaired) electrons.